The molecule has 8 nitrogen and oxygen atoms in total. The van der Waals surface area contributed by atoms with Gasteiger partial charge >= 0.3 is 0 Å². The summed E-state index contributed by atoms with van der Waals surface area (Å²) in [6, 6.07) is 4.02. The van der Waals surface area contributed by atoms with Crippen molar-refractivity contribution >= 4 is 15.9 Å². The first-order valence-corrected chi connectivity index (χ1v) is 9.49. The van der Waals surface area contributed by atoms with E-state index >= 15 is 0 Å². The molecule has 0 atom stereocenters. The normalized spacial score (nSPS) is 16.3. The number of carbonyl (C=O) groups is 1. The molecule has 140 valence electrons. The number of imidazole rings is 1. The third-order valence-corrected chi connectivity index (χ3v) is 6.06. The van der Waals surface area contributed by atoms with Crippen molar-refractivity contribution in [2.45, 2.75) is 11.4 Å². The molecule has 1 aromatic carbocycles. The van der Waals surface area contributed by atoms with Crippen LogP contribution in [0, 0.1) is 5.82 Å². The number of aromatic amines is 1. The summed E-state index contributed by atoms with van der Waals surface area (Å²) in [7, 11) is -2.32. The first-order chi connectivity index (χ1) is 12.4. The van der Waals surface area contributed by atoms with Crippen LogP contribution in [0.1, 0.15) is 16.8 Å². The number of H-pyrrole nitrogens is 1. The summed E-state index contributed by atoms with van der Waals surface area (Å²) >= 11 is 0. The standard InChI is InChI=1S/C16H19FN4O4S/c1-25-14-4-3-12(9-13(14)17)16(22)20-5-2-6-21(8-7-20)26(23,24)15-10-18-11-19-15/h3-4,9-11H,2,5-8H2,1H3,(H,18,19). The summed E-state index contributed by atoms with van der Waals surface area (Å²) in [5.41, 5.74) is 0.202. The van der Waals surface area contributed by atoms with Gasteiger partial charge in [-0.25, -0.2) is 17.8 Å². The van der Waals surface area contributed by atoms with Gasteiger partial charge in [-0.2, -0.15) is 4.31 Å². The topological polar surface area (TPSA) is 95.6 Å². The van der Waals surface area contributed by atoms with E-state index in [2.05, 4.69) is 9.97 Å². The first kappa shape index (κ1) is 18.3. The van der Waals surface area contributed by atoms with Crippen LogP contribution in [0.2, 0.25) is 0 Å². The molecule has 2 aromatic rings. The number of ether oxygens (including phenoxy) is 1. The van der Waals surface area contributed by atoms with Crippen LogP contribution in [0.25, 0.3) is 0 Å². The lowest BCUT2D eigenvalue weighted by Gasteiger charge is -2.21. The minimum atomic E-state index is -3.67. The van der Waals surface area contributed by atoms with Crippen LogP contribution in [-0.2, 0) is 10.0 Å². The van der Waals surface area contributed by atoms with E-state index in [1.165, 1.54) is 41.0 Å². The first-order valence-electron chi connectivity index (χ1n) is 8.05. The number of amides is 1. The number of halogens is 1. The van der Waals surface area contributed by atoms with E-state index in [0.717, 1.165) is 6.07 Å². The van der Waals surface area contributed by atoms with Crippen LogP contribution in [0.4, 0.5) is 4.39 Å². The average Bonchev–Trinajstić information content (AvgIpc) is 3.06. The molecule has 0 unspecified atom stereocenters. The molecule has 1 amide bonds. The minimum Gasteiger partial charge on any atom is -0.494 e. The molecule has 1 fully saturated rings. The fraction of sp³-hybridized carbons (Fsp3) is 0.375. The second kappa shape index (κ2) is 7.42. The summed E-state index contributed by atoms with van der Waals surface area (Å²) in [6.45, 7) is 1.06. The second-order valence-electron chi connectivity index (χ2n) is 5.82. The SMILES string of the molecule is COc1ccc(C(=O)N2CCCN(S(=O)(=O)c3cnc[nH]3)CC2)cc1F. The summed E-state index contributed by atoms with van der Waals surface area (Å²) in [6.07, 6.45) is 3.04. The number of hydrogen-bond acceptors (Lipinski definition) is 5. The molecule has 2 heterocycles. The van der Waals surface area contributed by atoms with Crippen LogP contribution in [-0.4, -0.2) is 66.8 Å². The number of carbonyl (C=O) groups excluding carboxylic acids is 1. The zero-order valence-electron chi connectivity index (χ0n) is 14.2. The van der Waals surface area contributed by atoms with Crippen molar-refractivity contribution < 1.29 is 22.3 Å². The number of benzene rings is 1. The second-order valence-corrected chi connectivity index (χ2v) is 7.72. The number of nitrogens with one attached hydrogen (secondary N) is 1. The Hall–Kier alpha value is -2.46. The van der Waals surface area contributed by atoms with Crippen molar-refractivity contribution in [1.82, 2.24) is 19.2 Å². The van der Waals surface area contributed by atoms with E-state index in [1.54, 1.807) is 0 Å². The maximum absolute atomic E-state index is 13.8. The number of hydrogen-bond donors (Lipinski definition) is 1. The molecule has 26 heavy (non-hydrogen) atoms. The largest absolute Gasteiger partial charge is 0.494 e. The van der Waals surface area contributed by atoms with Gasteiger partial charge in [0.2, 0.25) is 0 Å². The summed E-state index contributed by atoms with van der Waals surface area (Å²) in [5.74, 6) is -0.891. The van der Waals surface area contributed by atoms with Crippen LogP contribution in [0.15, 0.2) is 35.7 Å². The van der Waals surface area contributed by atoms with Gasteiger partial charge in [0, 0.05) is 31.7 Å². The van der Waals surface area contributed by atoms with Gasteiger partial charge in [-0.3, -0.25) is 4.79 Å². The Balaban J connectivity index is 1.72. The van der Waals surface area contributed by atoms with Crippen molar-refractivity contribution in [3.8, 4) is 5.75 Å². The molecule has 0 bridgehead atoms. The molecule has 1 N–H and O–H groups in total. The maximum Gasteiger partial charge on any atom is 0.260 e. The fourth-order valence-corrected chi connectivity index (χ4v) is 4.21. The Kier molecular flexibility index (Phi) is 5.23. The zero-order valence-corrected chi connectivity index (χ0v) is 15.0. The van der Waals surface area contributed by atoms with Crippen LogP contribution in [0.3, 0.4) is 0 Å². The number of nitrogens with zero attached hydrogens (tertiary/aromatic N) is 3. The molecular formula is C16H19FN4O4S. The lowest BCUT2D eigenvalue weighted by atomic mass is 10.1. The van der Waals surface area contributed by atoms with Crippen molar-refractivity contribution in [2.24, 2.45) is 0 Å². The van der Waals surface area contributed by atoms with Crippen molar-refractivity contribution in [3.63, 3.8) is 0 Å². The van der Waals surface area contributed by atoms with Crippen LogP contribution >= 0.6 is 0 Å². The van der Waals surface area contributed by atoms with Gasteiger partial charge in [-0.05, 0) is 24.6 Å². The molecule has 1 aromatic heterocycles. The number of aromatic nitrogens is 2. The lowest BCUT2D eigenvalue weighted by Crippen LogP contribution is -2.37. The van der Waals surface area contributed by atoms with Crippen LogP contribution in [0.5, 0.6) is 5.75 Å². The van der Waals surface area contributed by atoms with Gasteiger partial charge in [-0.15, -0.1) is 0 Å². The minimum absolute atomic E-state index is 0.0227. The van der Waals surface area contributed by atoms with Gasteiger partial charge < -0.3 is 14.6 Å². The Labute approximate surface area is 150 Å². The average molecular weight is 382 g/mol. The lowest BCUT2D eigenvalue weighted by molar-refractivity contribution is 0.0763. The van der Waals surface area contributed by atoms with E-state index in [-0.39, 0.29) is 35.3 Å². The highest BCUT2D eigenvalue weighted by Gasteiger charge is 2.29. The third kappa shape index (κ3) is 3.56. The summed E-state index contributed by atoms with van der Waals surface area (Å²) in [4.78, 5) is 20.5. The summed E-state index contributed by atoms with van der Waals surface area (Å²) in [5, 5.41) is 0.0227. The van der Waals surface area contributed by atoms with Gasteiger partial charge in [0.15, 0.2) is 16.6 Å². The van der Waals surface area contributed by atoms with Crippen LogP contribution < -0.4 is 4.74 Å². The molecule has 0 aliphatic carbocycles. The highest BCUT2D eigenvalue weighted by Crippen LogP contribution is 2.20. The van der Waals surface area contributed by atoms with Gasteiger partial charge in [-0.1, -0.05) is 0 Å². The van der Waals surface area contributed by atoms with Gasteiger partial charge in [0.25, 0.3) is 15.9 Å². The molecular weight excluding hydrogens is 363 g/mol. The third-order valence-electron chi connectivity index (χ3n) is 4.23. The monoisotopic (exact) mass is 382 g/mol. The van der Waals surface area contributed by atoms with E-state index in [0.29, 0.717) is 19.5 Å². The van der Waals surface area contributed by atoms with Crippen molar-refractivity contribution in [3.05, 3.63) is 42.1 Å². The smallest absolute Gasteiger partial charge is 0.260 e. The molecule has 1 saturated heterocycles. The zero-order chi connectivity index (χ0) is 18.7. The number of methoxy groups -OCH3 is 1. The van der Waals surface area contributed by atoms with E-state index in [4.69, 9.17) is 4.74 Å². The number of rotatable bonds is 4. The predicted octanol–water partition coefficient (Wildman–Crippen LogP) is 1.09. The Bertz CT molecular complexity index is 886. The Morgan fingerprint density at radius 2 is 2.08 bits per heavy atom. The molecule has 1 aliphatic rings. The van der Waals surface area contributed by atoms with E-state index in [1.807, 2.05) is 0 Å². The van der Waals surface area contributed by atoms with E-state index in [9.17, 15) is 17.6 Å². The maximum atomic E-state index is 13.8. The summed E-state index contributed by atoms with van der Waals surface area (Å²) < 4.78 is 45.1. The molecule has 0 spiro atoms. The van der Waals surface area contributed by atoms with Gasteiger partial charge in [0.05, 0.1) is 19.6 Å². The highest BCUT2D eigenvalue weighted by atomic mass is 32.2. The number of sulfonamides is 1. The predicted molar refractivity (Wildman–Crippen MR) is 90.8 cm³/mol. The van der Waals surface area contributed by atoms with Gasteiger partial charge in [0.1, 0.15) is 0 Å². The molecule has 10 heteroatoms. The fourth-order valence-electron chi connectivity index (χ4n) is 2.84. The Morgan fingerprint density at radius 3 is 2.73 bits per heavy atom. The molecule has 0 radical (unpaired) electrons. The highest BCUT2D eigenvalue weighted by molar-refractivity contribution is 7.89. The van der Waals surface area contributed by atoms with Crippen molar-refractivity contribution in [2.75, 3.05) is 33.3 Å². The molecule has 3 rings (SSSR count). The molecule has 0 saturated carbocycles. The van der Waals surface area contributed by atoms with E-state index < -0.39 is 15.8 Å². The van der Waals surface area contributed by atoms with Crippen molar-refractivity contribution in [1.29, 1.82) is 0 Å². The quantitative estimate of drug-likeness (QED) is 0.854. The Morgan fingerprint density at radius 1 is 1.27 bits per heavy atom. The molecule has 1 aliphatic heterocycles.